The third-order valence-corrected chi connectivity index (χ3v) is 3.59. The first-order chi connectivity index (χ1) is 13.1. The molecule has 0 fully saturated rings. The molecule has 7 heteroatoms. The van der Waals surface area contributed by atoms with E-state index in [2.05, 4.69) is 21.2 Å². The number of carbonyl (C=O) groups is 2. The van der Waals surface area contributed by atoms with Crippen molar-refractivity contribution in [3.8, 4) is 11.5 Å². The van der Waals surface area contributed by atoms with Crippen LogP contribution in [0.1, 0.15) is 17.3 Å². The van der Waals surface area contributed by atoms with Gasteiger partial charge in [-0.05, 0) is 55.5 Å². The molecule has 0 radical (unpaired) electrons. The van der Waals surface area contributed by atoms with E-state index in [9.17, 15) is 9.59 Å². The van der Waals surface area contributed by atoms with Crippen LogP contribution in [0.15, 0.2) is 73.1 Å². The van der Waals surface area contributed by atoms with E-state index >= 15 is 0 Å². The van der Waals surface area contributed by atoms with Gasteiger partial charge in [0, 0.05) is 29.7 Å². The highest BCUT2D eigenvalue weighted by Gasteiger charge is 2.04. The van der Waals surface area contributed by atoms with Gasteiger partial charge in [0.2, 0.25) is 0 Å². The number of aromatic nitrogens is 1. The Morgan fingerprint density at radius 1 is 0.889 bits per heavy atom. The van der Waals surface area contributed by atoms with E-state index < -0.39 is 6.03 Å². The Morgan fingerprint density at radius 2 is 1.63 bits per heavy atom. The van der Waals surface area contributed by atoms with Crippen LogP contribution in [0, 0.1) is 0 Å². The Labute approximate surface area is 156 Å². The number of benzene rings is 2. The smallest absolute Gasteiger partial charge is 0.337 e. The van der Waals surface area contributed by atoms with Gasteiger partial charge in [0.15, 0.2) is 5.78 Å². The van der Waals surface area contributed by atoms with Gasteiger partial charge in [0.1, 0.15) is 11.5 Å². The van der Waals surface area contributed by atoms with Crippen molar-refractivity contribution < 1.29 is 14.3 Å². The zero-order valence-electron chi connectivity index (χ0n) is 14.6. The monoisotopic (exact) mass is 362 g/mol. The van der Waals surface area contributed by atoms with E-state index in [1.165, 1.54) is 6.92 Å². The van der Waals surface area contributed by atoms with Gasteiger partial charge < -0.3 is 10.1 Å². The first-order valence-corrected chi connectivity index (χ1v) is 8.22. The third-order valence-electron chi connectivity index (χ3n) is 3.59. The molecule has 3 rings (SSSR count). The van der Waals surface area contributed by atoms with Crippen LogP contribution in [0.5, 0.6) is 11.5 Å². The van der Waals surface area contributed by atoms with E-state index in [1.54, 1.807) is 67.0 Å². The largest absolute Gasteiger partial charge is 0.457 e. The van der Waals surface area contributed by atoms with Gasteiger partial charge in [-0.1, -0.05) is 6.07 Å². The van der Waals surface area contributed by atoms with Crippen molar-refractivity contribution >= 4 is 23.2 Å². The van der Waals surface area contributed by atoms with Crippen LogP contribution in [0.25, 0.3) is 0 Å². The standard InChI is InChI=1S/C20H18N4O3/c1-14(25)15-5-7-16(8-6-15)22-20(26)24-23-17-3-2-4-19(13-17)27-18-9-11-21-12-10-18/h2-13,23H,1H3,(H2,22,24,26). The number of carbonyl (C=O) groups excluding carboxylic acids is 2. The number of rotatable bonds is 6. The Kier molecular flexibility index (Phi) is 5.64. The lowest BCUT2D eigenvalue weighted by Crippen LogP contribution is -2.33. The van der Waals surface area contributed by atoms with Crippen LogP contribution < -0.4 is 20.9 Å². The van der Waals surface area contributed by atoms with Crippen molar-refractivity contribution in [2.45, 2.75) is 6.92 Å². The first kappa shape index (κ1) is 17.9. The second-order valence-electron chi connectivity index (χ2n) is 5.65. The average Bonchev–Trinajstić information content (AvgIpc) is 2.68. The molecule has 0 atom stereocenters. The molecule has 2 aromatic carbocycles. The topological polar surface area (TPSA) is 92.4 Å². The average molecular weight is 362 g/mol. The Bertz CT molecular complexity index is 927. The molecular weight excluding hydrogens is 344 g/mol. The van der Waals surface area contributed by atoms with Gasteiger partial charge in [-0.3, -0.25) is 20.6 Å². The van der Waals surface area contributed by atoms with Crippen LogP contribution in [-0.2, 0) is 0 Å². The lowest BCUT2D eigenvalue weighted by molar-refractivity contribution is 0.101. The summed E-state index contributed by atoms with van der Waals surface area (Å²) < 4.78 is 5.72. The summed E-state index contributed by atoms with van der Waals surface area (Å²) in [5.74, 6) is 1.26. The minimum Gasteiger partial charge on any atom is -0.457 e. The van der Waals surface area contributed by atoms with Crippen molar-refractivity contribution in [1.29, 1.82) is 0 Å². The predicted octanol–water partition coefficient (Wildman–Crippen LogP) is 4.23. The lowest BCUT2D eigenvalue weighted by atomic mass is 10.1. The zero-order valence-corrected chi connectivity index (χ0v) is 14.6. The van der Waals surface area contributed by atoms with Gasteiger partial charge >= 0.3 is 6.03 Å². The maximum absolute atomic E-state index is 12.0. The summed E-state index contributed by atoms with van der Waals surface area (Å²) in [6.07, 6.45) is 3.29. The molecule has 136 valence electrons. The summed E-state index contributed by atoms with van der Waals surface area (Å²) in [6.45, 7) is 1.49. The molecule has 27 heavy (non-hydrogen) atoms. The molecule has 0 saturated heterocycles. The summed E-state index contributed by atoms with van der Waals surface area (Å²) in [5.41, 5.74) is 7.18. The molecule has 3 N–H and O–H groups in total. The predicted molar refractivity (Wildman–Crippen MR) is 103 cm³/mol. The van der Waals surface area contributed by atoms with Gasteiger partial charge in [-0.2, -0.15) is 0 Å². The molecule has 0 unspecified atom stereocenters. The summed E-state index contributed by atoms with van der Waals surface area (Å²) in [6, 6.07) is 16.9. The SMILES string of the molecule is CC(=O)c1ccc(NC(=O)NNc2cccc(Oc3ccncc3)c2)cc1. The van der Waals surface area contributed by atoms with Crippen LogP contribution in [0.3, 0.4) is 0 Å². The minimum absolute atomic E-state index is 0.0264. The Hall–Kier alpha value is -3.87. The van der Waals surface area contributed by atoms with Gasteiger partial charge in [-0.15, -0.1) is 0 Å². The molecule has 2 amide bonds. The second-order valence-corrected chi connectivity index (χ2v) is 5.65. The summed E-state index contributed by atoms with van der Waals surface area (Å²) in [7, 11) is 0. The number of amides is 2. The quantitative estimate of drug-likeness (QED) is 0.451. The van der Waals surface area contributed by atoms with Crippen LogP contribution in [-0.4, -0.2) is 16.8 Å². The maximum atomic E-state index is 12.0. The van der Waals surface area contributed by atoms with E-state index in [0.717, 1.165) is 0 Å². The van der Waals surface area contributed by atoms with Crippen LogP contribution in [0.2, 0.25) is 0 Å². The van der Waals surface area contributed by atoms with E-state index in [-0.39, 0.29) is 5.78 Å². The fourth-order valence-corrected chi connectivity index (χ4v) is 2.26. The van der Waals surface area contributed by atoms with Gasteiger partial charge in [0.05, 0.1) is 5.69 Å². The number of anilines is 2. The maximum Gasteiger partial charge on any atom is 0.337 e. The molecule has 7 nitrogen and oxygen atoms in total. The third kappa shape index (κ3) is 5.30. The number of hydrogen-bond donors (Lipinski definition) is 3. The number of hydrazine groups is 1. The van der Waals surface area contributed by atoms with Crippen molar-refractivity contribution in [2.75, 3.05) is 10.7 Å². The van der Waals surface area contributed by atoms with Crippen LogP contribution >= 0.6 is 0 Å². The molecule has 0 saturated carbocycles. The summed E-state index contributed by atoms with van der Waals surface area (Å²) in [4.78, 5) is 27.2. The number of ketones is 1. The zero-order chi connectivity index (χ0) is 19.1. The normalized spacial score (nSPS) is 9.96. The van der Waals surface area contributed by atoms with Gasteiger partial charge in [-0.25, -0.2) is 4.79 Å². The summed E-state index contributed by atoms with van der Waals surface area (Å²) in [5, 5.41) is 2.67. The Balaban J connectivity index is 1.54. The lowest BCUT2D eigenvalue weighted by Gasteiger charge is -2.11. The van der Waals surface area contributed by atoms with Crippen molar-refractivity contribution in [1.82, 2.24) is 10.4 Å². The van der Waals surface area contributed by atoms with Crippen molar-refractivity contribution in [3.63, 3.8) is 0 Å². The number of hydrogen-bond acceptors (Lipinski definition) is 5. The molecule has 0 aliphatic carbocycles. The highest BCUT2D eigenvalue weighted by Crippen LogP contribution is 2.23. The summed E-state index contributed by atoms with van der Waals surface area (Å²) >= 11 is 0. The molecule has 0 bridgehead atoms. The number of pyridine rings is 1. The molecule has 0 spiro atoms. The minimum atomic E-state index is -0.439. The number of ether oxygens (including phenoxy) is 1. The molecule has 1 heterocycles. The number of urea groups is 1. The molecular formula is C20H18N4O3. The van der Waals surface area contributed by atoms with E-state index in [0.29, 0.717) is 28.4 Å². The van der Waals surface area contributed by atoms with Crippen molar-refractivity contribution in [3.05, 3.63) is 78.6 Å². The second kappa shape index (κ2) is 8.48. The van der Waals surface area contributed by atoms with Crippen molar-refractivity contribution in [2.24, 2.45) is 0 Å². The first-order valence-electron chi connectivity index (χ1n) is 8.22. The van der Waals surface area contributed by atoms with Gasteiger partial charge in [0.25, 0.3) is 0 Å². The molecule has 3 aromatic rings. The molecule has 0 aliphatic heterocycles. The molecule has 0 aliphatic rings. The van der Waals surface area contributed by atoms with Crippen LogP contribution in [0.4, 0.5) is 16.2 Å². The number of nitrogens with zero attached hydrogens (tertiary/aromatic N) is 1. The fourth-order valence-electron chi connectivity index (χ4n) is 2.26. The Morgan fingerprint density at radius 3 is 2.33 bits per heavy atom. The number of nitrogens with one attached hydrogen (secondary N) is 3. The highest BCUT2D eigenvalue weighted by atomic mass is 16.5. The highest BCUT2D eigenvalue weighted by molar-refractivity contribution is 5.95. The number of Topliss-reactive ketones (excluding diaryl/α,β-unsaturated/α-hetero) is 1. The van der Waals surface area contributed by atoms with E-state index in [1.807, 2.05) is 6.07 Å². The fraction of sp³-hybridized carbons (Fsp3) is 0.0500. The van der Waals surface area contributed by atoms with E-state index in [4.69, 9.17) is 4.74 Å². The molecule has 1 aromatic heterocycles.